The van der Waals surface area contributed by atoms with Gasteiger partial charge in [-0.1, -0.05) is 12.1 Å². The zero-order chi connectivity index (χ0) is 14.9. The van der Waals surface area contributed by atoms with Gasteiger partial charge < -0.3 is 18.9 Å². The molecule has 5 heteroatoms. The minimum absolute atomic E-state index is 0.123. The highest BCUT2D eigenvalue weighted by molar-refractivity contribution is 5.92. The van der Waals surface area contributed by atoms with Crippen molar-refractivity contribution in [3.05, 3.63) is 29.8 Å². The number of carbonyl (C=O) groups is 1. The molecule has 2 rings (SSSR count). The Kier molecular flexibility index (Phi) is 6.50. The van der Waals surface area contributed by atoms with E-state index in [0.717, 1.165) is 25.9 Å². The van der Waals surface area contributed by atoms with Gasteiger partial charge in [-0.15, -0.1) is 0 Å². The molecule has 1 unspecified atom stereocenters. The Labute approximate surface area is 125 Å². The van der Waals surface area contributed by atoms with E-state index in [9.17, 15) is 4.79 Å². The molecule has 1 heterocycles. The fraction of sp³-hybridized carbons (Fsp3) is 0.562. The molecule has 0 aromatic heterocycles. The molecule has 1 aliphatic rings. The summed E-state index contributed by atoms with van der Waals surface area (Å²) < 4.78 is 21.7. The van der Waals surface area contributed by atoms with Crippen molar-refractivity contribution >= 4 is 5.97 Å². The summed E-state index contributed by atoms with van der Waals surface area (Å²) in [7, 11) is 0. The van der Waals surface area contributed by atoms with Crippen molar-refractivity contribution < 1.29 is 23.7 Å². The number of hydrogen-bond acceptors (Lipinski definition) is 5. The van der Waals surface area contributed by atoms with Crippen molar-refractivity contribution in [1.82, 2.24) is 0 Å². The molecule has 0 spiro atoms. The van der Waals surface area contributed by atoms with Gasteiger partial charge in [0, 0.05) is 6.61 Å². The van der Waals surface area contributed by atoms with Crippen LogP contribution in [0.15, 0.2) is 24.3 Å². The molecule has 0 saturated carbocycles. The smallest absolute Gasteiger partial charge is 0.341 e. The highest BCUT2D eigenvalue weighted by Crippen LogP contribution is 2.19. The van der Waals surface area contributed by atoms with Crippen LogP contribution in [-0.4, -0.2) is 38.7 Å². The van der Waals surface area contributed by atoms with Crippen LogP contribution in [0.1, 0.15) is 36.5 Å². The number of hydrogen-bond donors (Lipinski definition) is 0. The van der Waals surface area contributed by atoms with Crippen LogP contribution in [0.4, 0.5) is 0 Å². The van der Waals surface area contributed by atoms with Gasteiger partial charge >= 0.3 is 5.97 Å². The van der Waals surface area contributed by atoms with Crippen LogP contribution in [0, 0.1) is 0 Å². The second-order valence-electron chi connectivity index (χ2n) is 4.73. The standard InChI is InChI=1S/C16H22O5/c1-2-18-16(17)13-7-3-4-8-14(13)19-11-12-21-15-9-5-6-10-20-15/h3-4,7-8,15H,2,5-6,9-12H2,1H3. The first-order valence-electron chi connectivity index (χ1n) is 7.43. The third-order valence-corrected chi connectivity index (χ3v) is 3.16. The van der Waals surface area contributed by atoms with Crippen LogP contribution in [0.3, 0.4) is 0 Å². The molecule has 1 aliphatic heterocycles. The van der Waals surface area contributed by atoms with E-state index in [1.54, 1.807) is 25.1 Å². The van der Waals surface area contributed by atoms with Crippen molar-refractivity contribution in [2.45, 2.75) is 32.5 Å². The predicted octanol–water partition coefficient (Wildman–Crippen LogP) is 2.79. The Morgan fingerprint density at radius 2 is 2.14 bits per heavy atom. The Bertz CT molecular complexity index is 440. The quantitative estimate of drug-likeness (QED) is 0.572. The number of para-hydroxylation sites is 1. The molecule has 1 aromatic rings. The summed E-state index contributed by atoms with van der Waals surface area (Å²) in [4.78, 5) is 11.8. The van der Waals surface area contributed by atoms with Crippen molar-refractivity contribution in [3.63, 3.8) is 0 Å². The molecule has 116 valence electrons. The van der Waals surface area contributed by atoms with Crippen LogP contribution in [0.2, 0.25) is 0 Å². The lowest BCUT2D eigenvalue weighted by molar-refractivity contribution is -0.165. The summed E-state index contributed by atoms with van der Waals surface area (Å²) in [5, 5.41) is 0. The first-order valence-corrected chi connectivity index (χ1v) is 7.43. The SMILES string of the molecule is CCOC(=O)c1ccccc1OCCOC1CCCCO1. The van der Waals surface area contributed by atoms with E-state index in [-0.39, 0.29) is 12.3 Å². The van der Waals surface area contributed by atoms with Crippen molar-refractivity contribution in [1.29, 1.82) is 0 Å². The number of benzene rings is 1. The van der Waals surface area contributed by atoms with Crippen LogP contribution in [-0.2, 0) is 14.2 Å². The van der Waals surface area contributed by atoms with Gasteiger partial charge in [-0.3, -0.25) is 0 Å². The van der Waals surface area contributed by atoms with Gasteiger partial charge in [0.05, 0.1) is 13.2 Å². The highest BCUT2D eigenvalue weighted by atomic mass is 16.7. The average Bonchev–Trinajstić information content (AvgIpc) is 2.53. The molecule has 0 amide bonds. The second-order valence-corrected chi connectivity index (χ2v) is 4.73. The van der Waals surface area contributed by atoms with E-state index in [2.05, 4.69) is 0 Å². The maximum atomic E-state index is 11.8. The van der Waals surface area contributed by atoms with Gasteiger partial charge in [-0.05, 0) is 38.3 Å². The minimum Gasteiger partial charge on any atom is -0.490 e. The zero-order valence-electron chi connectivity index (χ0n) is 12.4. The maximum absolute atomic E-state index is 11.8. The molecule has 5 nitrogen and oxygen atoms in total. The number of esters is 1. The zero-order valence-corrected chi connectivity index (χ0v) is 12.4. The van der Waals surface area contributed by atoms with Gasteiger partial charge in [0.15, 0.2) is 6.29 Å². The van der Waals surface area contributed by atoms with Gasteiger partial charge in [-0.2, -0.15) is 0 Å². The molecule has 0 N–H and O–H groups in total. The summed E-state index contributed by atoms with van der Waals surface area (Å²) in [5.74, 6) is 0.147. The summed E-state index contributed by atoms with van der Waals surface area (Å²) >= 11 is 0. The van der Waals surface area contributed by atoms with Gasteiger partial charge in [-0.25, -0.2) is 4.79 Å². The van der Waals surface area contributed by atoms with E-state index in [0.29, 0.717) is 31.1 Å². The summed E-state index contributed by atoms with van der Waals surface area (Å²) in [6.07, 6.45) is 3.04. The molecule has 0 aliphatic carbocycles. The Morgan fingerprint density at radius 3 is 2.90 bits per heavy atom. The molecule has 1 atom stereocenters. The van der Waals surface area contributed by atoms with Crippen LogP contribution in [0.5, 0.6) is 5.75 Å². The molecular formula is C16H22O5. The number of rotatable bonds is 7. The van der Waals surface area contributed by atoms with E-state index >= 15 is 0 Å². The molecular weight excluding hydrogens is 272 g/mol. The Balaban J connectivity index is 1.78. The van der Waals surface area contributed by atoms with Crippen molar-refractivity contribution in [3.8, 4) is 5.75 Å². The molecule has 21 heavy (non-hydrogen) atoms. The summed E-state index contributed by atoms with van der Waals surface area (Å²) in [6, 6.07) is 7.05. The van der Waals surface area contributed by atoms with Crippen LogP contribution >= 0.6 is 0 Å². The largest absolute Gasteiger partial charge is 0.490 e. The molecule has 0 bridgehead atoms. The third-order valence-electron chi connectivity index (χ3n) is 3.16. The molecule has 0 radical (unpaired) electrons. The van der Waals surface area contributed by atoms with Crippen molar-refractivity contribution in [2.24, 2.45) is 0 Å². The summed E-state index contributed by atoms with van der Waals surface area (Å²) in [5.41, 5.74) is 0.438. The Hall–Kier alpha value is -1.59. The normalized spacial score (nSPS) is 18.2. The van der Waals surface area contributed by atoms with E-state index in [1.165, 1.54) is 0 Å². The fourth-order valence-corrected chi connectivity index (χ4v) is 2.14. The average molecular weight is 294 g/mol. The predicted molar refractivity (Wildman–Crippen MR) is 77.4 cm³/mol. The number of carbonyl (C=O) groups excluding carboxylic acids is 1. The topological polar surface area (TPSA) is 54.0 Å². The second kappa shape index (κ2) is 8.64. The highest BCUT2D eigenvalue weighted by Gasteiger charge is 2.15. The van der Waals surface area contributed by atoms with Crippen molar-refractivity contribution in [2.75, 3.05) is 26.4 Å². The minimum atomic E-state index is -0.371. The van der Waals surface area contributed by atoms with Gasteiger partial charge in [0.25, 0.3) is 0 Å². The summed E-state index contributed by atoms with van der Waals surface area (Å²) in [6.45, 7) is 3.68. The third kappa shape index (κ3) is 5.02. The Morgan fingerprint density at radius 1 is 1.29 bits per heavy atom. The molecule has 1 fully saturated rings. The van der Waals surface area contributed by atoms with Gasteiger partial charge in [0.2, 0.25) is 0 Å². The van der Waals surface area contributed by atoms with E-state index in [1.807, 2.05) is 6.07 Å². The fourth-order valence-electron chi connectivity index (χ4n) is 2.14. The lowest BCUT2D eigenvalue weighted by atomic mass is 10.2. The number of ether oxygens (including phenoxy) is 4. The monoisotopic (exact) mass is 294 g/mol. The van der Waals surface area contributed by atoms with Gasteiger partial charge in [0.1, 0.15) is 17.9 Å². The van der Waals surface area contributed by atoms with Crippen LogP contribution in [0.25, 0.3) is 0 Å². The lowest BCUT2D eigenvalue weighted by Gasteiger charge is -2.22. The van der Waals surface area contributed by atoms with Crippen LogP contribution < -0.4 is 4.74 Å². The first kappa shape index (κ1) is 15.8. The van der Waals surface area contributed by atoms with E-state index < -0.39 is 0 Å². The van der Waals surface area contributed by atoms with E-state index in [4.69, 9.17) is 18.9 Å². The maximum Gasteiger partial charge on any atom is 0.341 e. The lowest BCUT2D eigenvalue weighted by Crippen LogP contribution is -2.24. The molecule has 1 saturated heterocycles. The molecule has 1 aromatic carbocycles. The first-order chi connectivity index (χ1) is 10.3.